The number of likely N-dealkylation sites (tertiary alicyclic amines) is 1. The van der Waals surface area contributed by atoms with Gasteiger partial charge in [-0.15, -0.1) is 0 Å². The molecule has 0 spiro atoms. The van der Waals surface area contributed by atoms with E-state index in [1.807, 2.05) is 9.80 Å². The minimum absolute atomic E-state index is 0.250. The first-order chi connectivity index (χ1) is 13.0. The van der Waals surface area contributed by atoms with Gasteiger partial charge in [-0.05, 0) is 32.2 Å². The molecule has 0 unspecified atom stereocenters. The number of rotatable bonds is 9. The first kappa shape index (κ1) is 22.4. The summed E-state index contributed by atoms with van der Waals surface area (Å²) in [5.74, 6) is 0. The summed E-state index contributed by atoms with van der Waals surface area (Å²) in [6.07, 6.45) is 6.05. The molecule has 8 heteroatoms. The van der Waals surface area contributed by atoms with Gasteiger partial charge in [-0.1, -0.05) is 32.1 Å². The number of nitrogens with two attached hydrogens (primary N) is 1. The molecular weight excluding hydrogens is 350 g/mol. The number of unbranched alkanes of at least 4 members (excludes halogenated alkanes) is 3. The Hall–Kier alpha value is -0.930. The summed E-state index contributed by atoms with van der Waals surface area (Å²) in [6, 6.07) is -0.563. The van der Waals surface area contributed by atoms with Crippen molar-refractivity contribution in [1.82, 2.24) is 9.80 Å². The molecule has 2 aliphatic rings. The first-order valence-corrected chi connectivity index (χ1v) is 10.4. The van der Waals surface area contributed by atoms with E-state index in [1.165, 1.54) is 19.3 Å². The van der Waals surface area contributed by atoms with E-state index in [9.17, 15) is 25.2 Å². The largest absolute Gasteiger partial charge is 0.395 e. The van der Waals surface area contributed by atoms with Crippen LogP contribution in [0.15, 0.2) is 0 Å². The van der Waals surface area contributed by atoms with E-state index in [0.29, 0.717) is 19.1 Å². The molecule has 1 saturated carbocycles. The number of carbonyl (C=O) groups excluding carboxylic acids is 1. The van der Waals surface area contributed by atoms with Crippen molar-refractivity contribution in [3.05, 3.63) is 0 Å². The molecule has 1 saturated heterocycles. The summed E-state index contributed by atoms with van der Waals surface area (Å²) in [4.78, 5) is 15.4. The number of hydrogen-bond donors (Lipinski definition) is 5. The zero-order valence-electron chi connectivity index (χ0n) is 16.2. The predicted molar refractivity (Wildman–Crippen MR) is 102 cm³/mol. The number of aliphatic hydroxyl groups excluding tert-OH is 4. The molecule has 1 heterocycles. The van der Waals surface area contributed by atoms with Crippen molar-refractivity contribution >= 4 is 6.03 Å². The van der Waals surface area contributed by atoms with Gasteiger partial charge in [0, 0.05) is 19.1 Å². The maximum atomic E-state index is 11.7. The highest BCUT2D eigenvalue weighted by atomic mass is 16.4. The lowest BCUT2D eigenvalue weighted by Gasteiger charge is -2.43. The maximum Gasteiger partial charge on any atom is 0.315 e. The molecule has 0 radical (unpaired) electrons. The van der Waals surface area contributed by atoms with Crippen LogP contribution < -0.4 is 5.73 Å². The van der Waals surface area contributed by atoms with Gasteiger partial charge in [0.05, 0.1) is 18.8 Å². The lowest BCUT2D eigenvalue weighted by atomic mass is 9.93. The Balaban J connectivity index is 1.66. The molecular formula is C19H37N3O5. The van der Waals surface area contributed by atoms with Crippen LogP contribution in [-0.2, 0) is 0 Å². The van der Waals surface area contributed by atoms with Crippen molar-refractivity contribution in [2.75, 3.05) is 26.2 Å². The second kappa shape index (κ2) is 11.2. The molecule has 158 valence electrons. The van der Waals surface area contributed by atoms with Gasteiger partial charge in [-0.3, -0.25) is 4.90 Å². The Morgan fingerprint density at radius 2 is 1.67 bits per heavy atom. The van der Waals surface area contributed by atoms with Crippen molar-refractivity contribution in [3.8, 4) is 0 Å². The Kier molecular flexibility index (Phi) is 9.25. The van der Waals surface area contributed by atoms with E-state index < -0.39 is 24.4 Å². The van der Waals surface area contributed by atoms with Gasteiger partial charge in [0.15, 0.2) is 0 Å². The van der Waals surface area contributed by atoms with Crippen LogP contribution in [0.1, 0.15) is 57.8 Å². The van der Waals surface area contributed by atoms with Crippen LogP contribution in [0.3, 0.4) is 0 Å². The SMILES string of the molecule is NC(=O)N(CCCCCCN1C[C@H](O)[C@@H](O)[C@H](O)[C@H]1CO)C1CCCCC1. The number of hydrogen-bond acceptors (Lipinski definition) is 6. The van der Waals surface area contributed by atoms with Crippen molar-refractivity contribution < 1.29 is 25.2 Å². The average Bonchev–Trinajstić information content (AvgIpc) is 2.66. The lowest BCUT2D eigenvalue weighted by Crippen LogP contribution is -2.62. The lowest BCUT2D eigenvalue weighted by molar-refractivity contribution is -0.145. The van der Waals surface area contributed by atoms with Gasteiger partial charge < -0.3 is 31.1 Å². The van der Waals surface area contributed by atoms with Gasteiger partial charge >= 0.3 is 6.03 Å². The summed E-state index contributed by atoms with van der Waals surface area (Å²) < 4.78 is 0. The summed E-state index contributed by atoms with van der Waals surface area (Å²) in [7, 11) is 0. The smallest absolute Gasteiger partial charge is 0.315 e. The van der Waals surface area contributed by atoms with E-state index in [-0.39, 0.29) is 19.2 Å². The second-order valence-electron chi connectivity index (χ2n) is 8.03. The Bertz CT molecular complexity index is 447. The van der Waals surface area contributed by atoms with Crippen LogP contribution >= 0.6 is 0 Å². The molecule has 6 N–H and O–H groups in total. The van der Waals surface area contributed by atoms with E-state index in [2.05, 4.69) is 0 Å². The summed E-state index contributed by atoms with van der Waals surface area (Å²) in [6.45, 7) is 1.35. The van der Waals surface area contributed by atoms with Gasteiger partial charge in [0.2, 0.25) is 0 Å². The Labute approximate surface area is 161 Å². The second-order valence-corrected chi connectivity index (χ2v) is 8.03. The zero-order chi connectivity index (χ0) is 19.8. The van der Waals surface area contributed by atoms with E-state index in [0.717, 1.165) is 38.5 Å². The van der Waals surface area contributed by atoms with Crippen LogP contribution in [0, 0.1) is 0 Å². The highest BCUT2D eigenvalue weighted by Gasteiger charge is 2.40. The average molecular weight is 388 g/mol. The molecule has 0 aromatic heterocycles. The summed E-state index contributed by atoms with van der Waals surface area (Å²) in [5.41, 5.74) is 5.56. The molecule has 1 aliphatic heterocycles. The fourth-order valence-corrected chi connectivity index (χ4v) is 4.45. The number of β-amino-alcohol motifs (C(OH)–C–C–N with tert-alkyl or cyclic N) is 1. The molecule has 2 rings (SSSR count). The number of nitrogens with zero attached hydrogens (tertiary/aromatic N) is 2. The predicted octanol–water partition coefficient (Wildman–Crippen LogP) is 0.0194. The highest BCUT2D eigenvalue weighted by Crippen LogP contribution is 2.23. The van der Waals surface area contributed by atoms with E-state index in [4.69, 9.17) is 5.73 Å². The first-order valence-electron chi connectivity index (χ1n) is 10.4. The van der Waals surface area contributed by atoms with Gasteiger partial charge in [0.1, 0.15) is 12.2 Å². The molecule has 27 heavy (non-hydrogen) atoms. The molecule has 0 aromatic rings. The molecule has 1 aliphatic carbocycles. The van der Waals surface area contributed by atoms with E-state index >= 15 is 0 Å². The normalized spacial score (nSPS) is 30.4. The summed E-state index contributed by atoms with van der Waals surface area (Å²) in [5, 5.41) is 39.0. The van der Waals surface area contributed by atoms with E-state index in [1.54, 1.807) is 0 Å². The number of carbonyl (C=O) groups is 1. The molecule has 2 fully saturated rings. The van der Waals surface area contributed by atoms with Crippen LogP contribution in [0.4, 0.5) is 4.79 Å². The van der Waals surface area contributed by atoms with Crippen LogP contribution in [-0.4, -0.2) is 92.9 Å². The zero-order valence-corrected chi connectivity index (χ0v) is 16.2. The summed E-state index contributed by atoms with van der Waals surface area (Å²) >= 11 is 0. The van der Waals surface area contributed by atoms with Gasteiger partial charge in [0.25, 0.3) is 0 Å². The number of piperidine rings is 1. The fourth-order valence-electron chi connectivity index (χ4n) is 4.45. The van der Waals surface area contributed by atoms with Crippen LogP contribution in [0.2, 0.25) is 0 Å². The molecule has 8 nitrogen and oxygen atoms in total. The third-order valence-electron chi connectivity index (χ3n) is 6.11. The van der Waals surface area contributed by atoms with Gasteiger partial charge in [-0.2, -0.15) is 0 Å². The van der Waals surface area contributed by atoms with Crippen molar-refractivity contribution in [1.29, 1.82) is 0 Å². The molecule has 0 bridgehead atoms. The fraction of sp³-hybridized carbons (Fsp3) is 0.947. The third-order valence-corrected chi connectivity index (χ3v) is 6.11. The minimum Gasteiger partial charge on any atom is -0.395 e. The molecule has 0 aromatic carbocycles. The van der Waals surface area contributed by atoms with Crippen molar-refractivity contribution in [2.45, 2.75) is 88.2 Å². The molecule has 4 atom stereocenters. The Morgan fingerprint density at radius 1 is 1.00 bits per heavy atom. The number of urea groups is 1. The van der Waals surface area contributed by atoms with Crippen molar-refractivity contribution in [3.63, 3.8) is 0 Å². The highest BCUT2D eigenvalue weighted by molar-refractivity contribution is 5.72. The van der Waals surface area contributed by atoms with Crippen molar-refractivity contribution in [2.24, 2.45) is 5.73 Å². The van der Waals surface area contributed by atoms with Crippen LogP contribution in [0.5, 0.6) is 0 Å². The standard InChI is InChI=1S/C19H37N3O5/c20-19(27)22(14-8-4-3-5-9-14)11-7-2-1-6-10-21-12-16(24)18(26)17(25)15(21)13-23/h14-18,23-26H,1-13H2,(H2,20,27)/t15-,16+,17-,18-/m1/s1. The minimum atomic E-state index is -1.21. The monoisotopic (exact) mass is 387 g/mol. The maximum absolute atomic E-state index is 11.7. The molecule has 2 amide bonds. The third kappa shape index (κ3) is 6.29. The Morgan fingerprint density at radius 3 is 2.30 bits per heavy atom. The number of primary amides is 1. The van der Waals surface area contributed by atoms with Gasteiger partial charge in [-0.25, -0.2) is 4.79 Å². The van der Waals surface area contributed by atoms with Crippen LogP contribution in [0.25, 0.3) is 0 Å². The topological polar surface area (TPSA) is 130 Å². The quantitative estimate of drug-likeness (QED) is 0.355. The number of aliphatic hydroxyl groups is 4. The number of amides is 2.